The lowest BCUT2D eigenvalue weighted by Gasteiger charge is -2.28. The standard InChI is InChI=1S/C14H12N2O2S2/c17-20(18)13-4-2-1-3-11(13)14(15-20)16-7-5-12-10(9-16)6-8-19-12/h1-4,6,8H,5,7,9H2. The summed E-state index contributed by atoms with van der Waals surface area (Å²) < 4.78 is 28.2. The maximum Gasteiger partial charge on any atom is 0.285 e. The predicted octanol–water partition coefficient (Wildman–Crippen LogP) is 2.26. The van der Waals surface area contributed by atoms with Crippen LogP contribution in [0.25, 0.3) is 0 Å². The van der Waals surface area contributed by atoms with Gasteiger partial charge in [0.15, 0.2) is 5.84 Å². The van der Waals surface area contributed by atoms with Crippen molar-refractivity contribution < 1.29 is 8.42 Å². The molecule has 0 spiro atoms. The fraction of sp³-hybridized carbons (Fsp3) is 0.214. The van der Waals surface area contributed by atoms with Gasteiger partial charge in [0.05, 0.1) is 0 Å². The summed E-state index contributed by atoms with van der Waals surface area (Å²) in [6.07, 6.45) is 0.953. The fourth-order valence-electron chi connectivity index (χ4n) is 2.75. The summed E-state index contributed by atoms with van der Waals surface area (Å²) in [5.41, 5.74) is 2.01. The highest BCUT2D eigenvalue weighted by Crippen LogP contribution is 2.31. The number of hydrogen-bond donors (Lipinski definition) is 0. The molecule has 0 amide bonds. The van der Waals surface area contributed by atoms with Gasteiger partial charge in [-0.05, 0) is 35.6 Å². The minimum Gasteiger partial charge on any atom is -0.351 e. The van der Waals surface area contributed by atoms with Crippen LogP contribution in [0.4, 0.5) is 0 Å². The van der Waals surface area contributed by atoms with Gasteiger partial charge in [-0.2, -0.15) is 8.42 Å². The van der Waals surface area contributed by atoms with Crippen LogP contribution in [-0.2, 0) is 23.0 Å². The van der Waals surface area contributed by atoms with Crippen LogP contribution in [0.1, 0.15) is 16.0 Å². The summed E-state index contributed by atoms with van der Waals surface area (Å²) in [5.74, 6) is 0.595. The van der Waals surface area contributed by atoms with Gasteiger partial charge in [0.2, 0.25) is 0 Å². The SMILES string of the molecule is O=S1(=O)N=C(N2CCc3sccc3C2)c2ccccc21. The van der Waals surface area contributed by atoms with E-state index < -0.39 is 10.0 Å². The molecule has 0 radical (unpaired) electrons. The Labute approximate surface area is 121 Å². The third-order valence-corrected chi connectivity index (χ3v) is 6.07. The Morgan fingerprint density at radius 3 is 2.95 bits per heavy atom. The van der Waals surface area contributed by atoms with Gasteiger partial charge in [-0.15, -0.1) is 15.7 Å². The fourth-order valence-corrected chi connectivity index (χ4v) is 4.86. The molecule has 0 atom stereocenters. The van der Waals surface area contributed by atoms with Gasteiger partial charge < -0.3 is 4.90 Å². The number of nitrogens with zero attached hydrogens (tertiary/aromatic N) is 2. The van der Waals surface area contributed by atoms with E-state index in [1.165, 1.54) is 10.4 Å². The second-order valence-electron chi connectivity index (χ2n) is 4.93. The Bertz CT molecular complexity index is 821. The van der Waals surface area contributed by atoms with Crippen LogP contribution in [-0.4, -0.2) is 25.7 Å². The van der Waals surface area contributed by atoms with Crippen molar-refractivity contribution in [2.45, 2.75) is 17.9 Å². The molecule has 0 aliphatic carbocycles. The van der Waals surface area contributed by atoms with E-state index in [1.54, 1.807) is 23.5 Å². The third kappa shape index (κ3) is 1.72. The molecule has 0 fully saturated rings. The number of benzene rings is 1. The Balaban J connectivity index is 1.78. The molecule has 1 aromatic heterocycles. The minimum absolute atomic E-state index is 0.325. The molecule has 0 N–H and O–H groups in total. The predicted molar refractivity (Wildman–Crippen MR) is 78.6 cm³/mol. The number of sulfonamides is 1. The highest BCUT2D eigenvalue weighted by Gasteiger charge is 2.32. The summed E-state index contributed by atoms with van der Waals surface area (Å²) in [6, 6.07) is 9.17. The average Bonchev–Trinajstić information content (AvgIpc) is 3.01. The number of thiophene rings is 1. The first-order valence-electron chi connectivity index (χ1n) is 6.40. The molecule has 0 saturated heterocycles. The van der Waals surface area contributed by atoms with Gasteiger partial charge in [-0.25, -0.2) is 0 Å². The largest absolute Gasteiger partial charge is 0.351 e. The van der Waals surface area contributed by atoms with Crippen molar-refractivity contribution >= 4 is 27.2 Å². The Hall–Kier alpha value is -1.66. The summed E-state index contributed by atoms with van der Waals surface area (Å²) in [5, 5.41) is 2.09. The maximum atomic E-state index is 12.1. The minimum atomic E-state index is -3.52. The van der Waals surface area contributed by atoms with Gasteiger partial charge in [0, 0.05) is 23.5 Å². The maximum absolute atomic E-state index is 12.1. The van der Waals surface area contributed by atoms with Crippen LogP contribution in [0.5, 0.6) is 0 Å². The number of rotatable bonds is 0. The molecule has 2 aromatic rings. The van der Waals surface area contributed by atoms with Crippen molar-refractivity contribution in [2.75, 3.05) is 6.54 Å². The van der Waals surface area contributed by atoms with Crippen LogP contribution in [0, 0.1) is 0 Å². The normalized spacial score (nSPS) is 19.4. The van der Waals surface area contributed by atoms with Crippen molar-refractivity contribution in [1.82, 2.24) is 4.90 Å². The second-order valence-corrected chi connectivity index (χ2v) is 7.50. The van der Waals surface area contributed by atoms with Crippen molar-refractivity contribution in [3.8, 4) is 0 Å². The highest BCUT2D eigenvalue weighted by molar-refractivity contribution is 7.90. The molecular weight excluding hydrogens is 292 g/mol. The van der Waals surface area contributed by atoms with Crippen LogP contribution >= 0.6 is 11.3 Å². The summed E-state index contributed by atoms with van der Waals surface area (Å²) in [7, 11) is -3.52. The van der Waals surface area contributed by atoms with Crippen molar-refractivity contribution in [2.24, 2.45) is 4.40 Å². The van der Waals surface area contributed by atoms with Crippen LogP contribution < -0.4 is 0 Å². The molecular formula is C14H12N2O2S2. The number of hydrogen-bond acceptors (Lipinski definition) is 4. The van der Waals surface area contributed by atoms with Crippen molar-refractivity contribution in [3.63, 3.8) is 0 Å². The monoisotopic (exact) mass is 304 g/mol. The quantitative estimate of drug-likeness (QED) is 0.750. The third-order valence-electron chi connectivity index (χ3n) is 3.72. The second kappa shape index (κ2) is 4.17. The average molecular weight is 304 g/mol. The molecule has 6 heteroatoms. The summed E-state index contributed by atoms with van der Waals surface area (Å²) >= 11 is 1.77. The van der Waals surface area contributed by atoms with E-state index >= 15 is 0 Å². The first-order valence-corrected chi connectivity index (χ1v) is 8.72. The van der Waals surface area contributed by atoms with E-state index in [2.05, 4.69) is 20.7 Å². The van der Waals surface area contributed by atoms with Gasteiger partial charge in [-0.1, -0.05) is 12.1 Å². The van der Waals surface area contributed by atoms with E-state index in [4.69, 9.17) is 0 Å². The molecule has 0 bridgehead atoms. The molecule has 2 aliphatic rings. The van der Waals surface area contributed by atoms with Gasteiger partial charge >= 0.3 is 0 Å². The topological polar surface area (TPSA) is 49.7 Å². The van der Waals surface area contributed by atoms with Gasteiger partial charge in [0.25, 0.3) is 10.0 Å². The molecule has 1 aromatic carbocycles. The molecule has 4 rings (SSSR count). The first-order chi connectivity index (χ1) is 9.65. The van der Waals surface area contributed by atoms with E-state index in [1.807, 2.05) is 12.1 Å². The zero-order chi connectivity index (χ0) is 13.7. The lowest BCUT2D eigenvalue weighted by molar-refractivity contribution is 0.399. The van der Waals surface area contributed by atoms with Crippen LogP contribution in [0.3, 0.4) is 0 Å². The number of fused-ring (bicyclic) bond motifs is 2. The van der Waals surface area contributed by atoms with Crippen molar-refractivity contribution in [1.29, 1.82) is 0 Å². The van der Waals surface area contributed by atoms with E-state index in [9.17, 15) is 8.42 Å². The zero-order valence-corrected chi connectivity index (χ0v) is 12.2. The van der Waals surface area contributed by atoms with Crippen molar-refractivity contribution in [3.05, 3.63) is 51.7 Å². The number of amidine groups is 1. The Morgan fingerprint density at radius 1 is 1.20 bits per heavy atom. The highest BCUT2D eigenvalue weighted by atomic mass is 32.2. The van der Waals surface area contributed by atoms with E-state index in [0.29, 0.717) is 10.7 Å². The molecule has 2 aliphatic heterocycles. The molecule has 4 nitrogen and oxygen atoms in total. The lowest BCUT2D eigenvalue weighted by Crippen LogP contribution is -2.35. The molecule has 0 unspecified atom stereocenters. The first kappa shape index (κ1) is 12.1. The van der Waals surface area contributed by atoms with Crippen LogP contribution in [0.2, 0.25) is 0 Å². The molecule has 3 heterocycles. The Kier molecular flexibility index (Phi) is 2.52. The zero-order valence-electron chi connectivity index (χ0n) is 10.6. The molecule has 20 heavy (non-hydrogen) atoms. The summed E-state index contributed by atoms with van der Waals surface area (Å²) in [6.45, 7) is 1.55. The lowest BCUT2D eigenvalue weighted by atomic mass is 10.1. The molecule has 0 saturated carbocycles. The van der Waals surface area contributed by atoms with E-state index in [-0.39, 0.29) is 0 Å². The van der Waals surface area contributed by atoms with Gasteiger partial charge in [-0.3, -0.25) is 0 Å². The smallest absolute Gasteiger partial charge is 0.285 e. The summed E-state index contributed by atoms with van der Waals surface area (Å²) in [4.78, 5) is 3.79. The molecule has 102 valence electrons. The Morgan fingerprint density at radius 2 is 2.05 bits per heavy atom. The van der Waals surface area contributed by atoms with E-state index in [0.717, 1.165) is 25.1 Å². The van der Waals surface area contributed by atoms with Gasteiger partial charge in [0.1, 0.15) is 4.90 Å². The van der Waals surface area contributed by atoms with Crippen LogP contribution in [0.15, 0.2) is 45.0 Å².